The standard InChI is InChI=1S/C17H16N4O2S/c1-23-14-8-3-2-6-12(14)9-10-15(22)19-17-21-20-16(24-17)13-7-4-5-11-18-13/h2-8,11H,9-10H2,1H3,(H,19,21,22). The first-order chi connectivity index (χ1) is 11.8. The fraction of sp³-hybridized carbons (Fsp3) is 0.176. The maximum Gasteiger partial charge on any atom is 0.226 e. The lowest BCUT2D eigenvalue weighted by Gasteiger charge is -2.07. The molecule has 0 radical (unpaired) electrons. The first kappa shape index (κ1) is 16.1. The number of pyridine rings is 1. The Morgan fingerprint density at radius 3 is 2.79 bits per heavy atom. The Kier molecular flexibility index (Phi) is 5.12. The summed E-state index contributed by atoms with van der Waals surface area (Å²) in [6.07, 6.45) is 2.64. The average Bonchev–Trinajstić information content (AvgIpc) is 3.09. The van der Waals surface area contributed by atoms with Gasteiger partial charge in [-0.15, -0.1) is 10.2 Å². The molecule has 0 fully saturated rings. The van der Waals surface area contributed by atoms with E-state index in [9.17, 15) is 4.79 Å². The van der Waals surface area contributed by atoms with Gasteiger partial charge in [-0.2, -0.15) is 0 Å². The van der Waals surface area contributed by atoms with Crippen LogP contribution < -0.4 is 10.1 Å². The molecule has 0 atom stereocenters. The molecule has 0 aliphatic heterocycles. The van der Waals surface area contributed by atoms with E-state index in [4.69, 9.17) is 4.74 Å². The van der Waals surface area contributed by atoms with Crippen LogP contribution in [0, 0.1) is 0 Å². The van der Waals surface area contributed by atoms with Crippen molar-refractivity contribution in [2.24, 2.45) is 0 Å². The molecule has 0 unspecified atom stereocenters. The van der Waals surface area contributed by atoms with E-state index in [-0.39, 0.29) is 5.91 Å². The molecule has 1 aromatic carbocycles. The summed E-state index contributed by atoms with van der Waals surface area (Å²) in [7, 11) is 1.62. The zero-order valence-electron chi connectivity index (χ0n) is 13.1. The van der Waals surface area contributed by atoms with Crippen molar-refractivity contribution in [3.63, 3.8) is 0 Å². The largest absolute Gasteiger partial charge is 0.496 e. The molecule has 7 heteroatoms. The number of rotatable bonds is 6. The number of carbonyl (C=O) groups is 1. The third-order valence-corrected chi connectivity index (χ3v) is 4.23. The number of anilines is 1. The zero-order valence-corrected chi connectivity index (χ0v) is 13.9. The summed E-state index contributed by atoms with van der Waals surface area (Å²) in [5.41, 5.74) is 1.74. The Hall–Kier alpha value is -2.80. The zero-order chi connectivity index (χ0) is 16.8. The van der Waals surface area contributed by atoms with Gasteiger partial charge in [0, 0.05) is 12.6 Å². The molecule has 0 spiro atoms. The maximum absolute atomic E-state index is 12.1. The molecule has 6 nitrogen and oxygen atoms in total. The Labute approximate surface area is 143 Å². The lowest BCUT2D eigenvalue weighted by molar-refractivity contribution is -0.116. The quantitative estimate of drug-likeness (QED) is 0.746. The second-order valence-electron chi connectivity index (χ2n) is 4.99. The van der Waals surface area contributed by atoms with Crippen molar-refractivity contribution in [1.29, 1.82) is 0 Å². The van der Waals surface area contributed by atoms with Gasteiger partial charge < -0.3 is 10.1 Å². The number of carbonyl (C=O) groups excluding carboxylic acids is 1. The fourth-order valence-corrected chi connectivity index (χ4v) is 2.94. The van der Waals surface area contributed by atoms with Crippen LogP contribution in [-0.4, -0.2) is 28.2 Å². The summed E-state index contributed by atoms with van der Waals surface area (Å²) in [5.74, 6) is 0.684. The monoisotopic (exact) mass is 340 g/mol. The van der Waals surface area contributed by atoms with Gasteiger partial charge in [0.05, 0.1) is 7.11 Å². The molecule has 2 heterocycles. The van der Waals surface area contributed by atoms with Crippen molar-refractivity contribution < 1.29 is 9.53 Å². The topological polar surface area (TPSA) is 77.0 Å². The molecule has 1 amide bonds. The molecule has 24 heavy (non-hydrogen) atoms. The molecule has 1 N–H and O–H groups in total. The van der Waals surface area contributed by atoms with Crippen molar-refractivity contribution in [2.75, 3.05) is 12.4 Å². The lowest BCUT2D eigenvalue weighted by Crippen LogP contribution is -2.12. The molecule has 0 bridgehead atoms. The SMILES string of the molecule is COc1ccccc1CCC(=O)Nc1nnc(-c2ccccn2)s1. The Morgan fingerprint density at radius 1 is 1.17 bits per heavy atom. The second-order valence-corrected chi connectivity index (χ2v) is 5.96. The van der Waals surface area contributed by atoms with E-state index in [2.05, 4.69) is 20.5 Å². The summed E-state index contributed by atoms with van der Waals surface area (Å²) >= 11 is 1.30. The summed E-state index contributed by atoms with van der Waals surface area (Å²) in [4.78, 5) is 16.3. The van der Waals surface area contributed by atoms with Gasteiger partial charge in [-0.05, 0) is 30.2 Å². The van der Waals surface area contributed by atoms with Crippen molar-refractivity contribution in [3.05, 3.63) is 54.2 Å². The molecule has 0 aliphatic carbocycles. The van der Waals surface area contributed by atoms with E-state index in [1.54, 1.807) is 13.3 Å². The van der Waals surface area contributed by atoms with E-state index in [0.717, 1.165) is 17.0 Å². The molecule has 122 valence electrons. The number of nitrogens with one attached hydrogen (secondary N) is 1. The van der Waals surface area contributed by atoms with Gasteiger partial charge >= 0.3 is 0 Å². The van der Waals surface area contributed by atoms with Crippen molar-refractivity contribution in [3.8, 4) is 16.5 Å². The Balaban J connectivity index is 1.58. The highest BCUT2D eigenvalue weighted by atomic mass is 32.1. The minimum Gasteiger partial charge on any atom is -0.496 e. The third kappa shape index (κ3) is 3.94. The highest BCUT2D eigenvalue weighted by Gasteiger charge is 2.11. The number of para-hydroxylation sites is 1. The van der Waals surface area contributed by atoms with E-state index >= 15 is 0 Å². The number of ether oxygens (including phenoxy) is 1. The normalized spacial score (nSPS) is 10.4. The number of aryl methyl sites for hydroxylation is 1. The van der Waals surface area contributed by atoms with Crippen LogP contribution in [0.2, 0.25) is 0 Å². The van der Waals surface area contributed by atoms with E-state index in [0.29, 0.717) is 23.0 Å². The molecule has 0 saturated carbocycles. The van der Waals surface area contributed by atoms with Gasteiger partial charge in [-0.3, -0.25) is 9.78 Å². The van der Waals surface area contributed by atoms with E-state index in [1.807, 2.05) is 42.5 Å². The molecule has 2 aromatic heterocycles. The van der Waals surface area contributed by atoms with E-state index < -0.39 is 0 Å². The summed E-state index contributed by atoms with van der Waals surface area (Å²) in [6.45, 7) is 0. The number of nitrogens with zero attached hydrogens (tertiary/aromatic N) is 3. The van der Waals surface area contributed by atoms with Crippen LogP contribution in [0.4, 0.5) is 5.13 Å². The van der Waals surface area contributed by atoms with Crippen LogP contribution in [0.3, 0.4) is 0 Å². The smallest absolute Gasteiger partial charge is 0.226 e. The number of benzene rings is 1. The fourth-order valence-electron chi connectivity index (χ4n) is 2.21. The number of hydrogen-bond donors (Lipinski definition) is 1. The first-order valence-corrected chi connectivity index (χ1v) is 8.24. The van der Waals surface area contributed by atoms with E-state index in [1.165, 1.54) is 11.3 Å². The molecular weight excluding hydrogens is 324 g/mol. The highest BCUT2D eigenvalue weighted by molar-refractivity contribution is 7.18. The summed E-state index contributed by atoms with van der Waals surface area (Å²) < 4.78 is 5.29. The van der Waals surface area contributed by atoms with Crippen molar-refractivity contribution >= 4 is 22.4 Å². The maximum atomic E-state index is 12.1. The second kappa shape index (κ2) is 7.65. The number of methoxy groups -OCH3 is 1. The molecular formula is C17H16N4O2S. The minimum atomic E-state index is -0.107. The predicted octanol–water partition coefficient (Wildman–Crippen LogP) is 3.18. The van der Waals surface area contributed by atoms with Gasteiger partial charge in [0.25, 0.3) is 0 Å². The molecule has 3 rings (SSSR count). The van der Waals surface area contributed by atoms with Crippen LogP contribution in [-0.2, 0) is 11.2 Å². The minimum absolute atomic E-state index is 0.107. The first-order valence-electron chi connectivity index (χ1n) is 7.43. The molecule has 0 saturated heterocycles. The van der Waals surface area contributed by atoms with Crippen LogP contribution in [0.5, 0.6) is 5.75 Å². The number of amides is 1. The van der Waals surface area contributed by atoms with Gasteiger partial charge in [0.2, 0.25) is 11.0 Å². The Bertz CT molecular complexity index is 820. The van der Waals surface area contributed by atoms with Crippen molar-refractivity contribution in [2.45, 2.75) is 12.8 Å². The number of hydrogen-bond acceptors (Lipinski definition) is 6. The number of aromatic nitrogens is 3. The van der Waals surface area contributed by atoms with Crippen molar-refractivity contribution in [1.82, 2.24) is 15.2 Å². The van der Waals surface area contributed by atoms with Gasteiger partial charge in [-0.1, -0.05) is 35.6 Å². The molecule has 0 aliphatic rings. The van der Waals surface area contributed by atoms with Gasteiger partial charge in [0.1, 0.15) is 11.4 Å². The summed E-state index contributed by atoms with van der Waals surface area (Å²) in [5, 5.41) is 12.0. The summed E-state index contributed by atoms with van der Waals surface area (Å²) in [6, 6.07) is 13.3. The predicted molar refractivity (Wildman–Crippen MR) is 93.1 cm³/mol. The third-order valence-electron chi connectivity index (χ3n) is 3.37. The molecule has 3 aromatic rings. The average molecular weight is 340 g/mol. The highest BCUT2D eigenvalue weighted by Crippen LogP contribution is 2.24. The van der Waals surface area contributed by atoms with Crippen LogP contribution in [0.15, 0.2) is 48.7 Å². The Morgan fingerprint density at radius 2 is 2.00 bits per heavy atom. The van der Waals surface area contributed by atoms with Gasteiger partial charge in [0.15, 0.2) is 5.01 Å². The van der Waals surface area contributed by atoms with Gasteiger partial charge in [-0.25, -0.2) is 0 Å². The van der Waals surface area contributed by atoms with Crippen LogP contribution in [0.25, 0.3) is 10.7 Å². The van der Waals surface area contributed by atoms with Crippen LogP contribution >= 0.6 is 11.3 Å². The lowest BCUT2D eigenvalue weighted by atomic mass is 10.1. The van der Waals surface area contributed by atoms with Crippen LogP contribution in [0.1, 0.15) is 12.0 Å².